The second-order valence-electron chi connectivity index (χ2n) is 2.94. The van der Waals surface area contributed by atoms with Crippen LogP contribution in [0.15, 0.2) is 0 Å². The van der Waals surface area contributed by atoms with Gasteiger partial charge in [0.25, 0.3) is 0 Å². The number of guanidine groups is 1. The molecule has 96 valence electrons. The first-order valence-corrected chi connectivity index (χ1v) is 5.46. The van der Waals surface area contributed by atoms with Gasteiger partial charge in [0.2, 0.25) is 0 Å². The Morgan fingerprint density at radius 3 is 2.38 bits per heavy atom. The Morgan fingerprint density at radius 2 is 2.06 bits per heavy atom. The predicted molar refractivity (Wildman–Crippen MR) is 67.7 cm³/mol. The van der Waals surface area contributed by atoms with Gasteiger partial charge in [-0.1, -0.05) is 0 Å². The molecule has 0 aliphatic rings. The van der Waals surface area contributed by atoms with Crippen molar-refractivity contribution < 1.29 is 9.90 Å². The van der Waals surface area contributed by atoms with E-state index in [4.69, 9.17) is 27.7 Å². The van der Waals surface area contributed by atoms with Crippen molar-refractivity contribution in [3.63, 3.8) is 0 Å². The van der Waals surface area contributed by atoms with Gasteiger partial charge in [-0.15, -0.1) is 0 Å². The van der Waals surface area contributed by atoms with Crippen LogP contribution >= 0.6 is 12.6 Å². The van der Waals surface area contributed by atoms with Gasteiger partial charge in [0, 0.05) is 18.8 Å². The molecule has 0 heterocycles. The van der Waals surface area contributed by atoms with Gasteiger partial charge in [0.1, 0.15) is 6.04 Å². The van der Waals surface area contributed by atoms with Crippen molar-refractivity contribution >= 4 is 24.6 Å². The first-order valence-electron chi connectivity index (χ1n) is 4.82. The Morgan fingerprint density at radius 1 is 1.56 bits per heavy atom. The van der Waals surface area contributed by atoms with Crippen LogP contribution in [-0.4, -0.2) is 41.9 Å². The van der Waals surface area contributed by atoms with Crippen molar-refractivity contribution in [3.05, 3.63) is 0 Å². The van der Waals surface area contributed by atoms with E-state index in [0.717, 1.165) is 5.75 Å². The third-order valence-corrected chi connectivity index (χ3v) is 1.71. The number of rotatable bonds is 6. The molecular weight excluding hydrogens is 230 g/mol. The van der Waals surface area contributed by atoms with E-state index in [1.807, 2.05) is 0 Å². The van der Waals surface area contributed by atoms with Gasteiger partial charge in [-0.2, -0.15) is 12.6 Å². The molecule has 0 radical (unpaired) electrons. The first-order chi connectivity index (χ1) is 7.45. The predicted octanol–water partition coefficient (Wildman–Crippen LogP) is -1.46. The van der Waals surface area contributed by atoms with Gasteiger partial charge in [-0.3, -0.25) is 10.2 Å². The van der Waals surface area contributed by atoms with E-state index in [1.165, 1.54) is 0 Å². The van der Waals surface area contributed by atoms with Crippen LogP contribution < -0.4 is 22.5 Å². The molecule has 0 saturated carbocycles. The topological polar surface area (TPSA) is 151 Å². The third kappa shape index (κ3) is 15.5. The molecule has 0 bridgehead atoms. The van der Waals surface area contributed by atoms with Crippen molar-refractivity contribution in [1.82, 2.24) is 5.32 Å². The molecule has 9 N–H and O–H groups in total. The molecule has 0 amide bonds. The summed E-state index contributed by atoms with van der Waals surface area (Å²) >= 11 is 3.80. The Balaban J connectivity index is 0. The zero-order valence-electron chi connectivity index (χ0n) is 9.15. The monoisotopic (exact) mass is 251 g/mol. The van der Waals surface area contributed by atoms with Crippen LogP contribution in [0.1, 0.15) is 12.8 Å². The molecule has 0 aromatic rings. The maximum absolute atomic E-state index is 10.2. The number of carboxylic acid groups (broad SMARTS) is 1. The minimum Gasteiger partial charge on any atom is -0.480 e. The fraction of sp³-hybridized carbons (Fsp3) is 0.750. The van der Waals surface area contributed by atoms with Crippen LogP contribution in [0.5, 0.6) is 0 Å². The average molecular weight is 251 g/mol. The first kappa shape index (κ1) is 17.4. The van der Waals surface area contributed by atoms with E-state index < -0.39 is 12.0 Å². The third-order valence-electron chi connectivity index (χ3n) is 1.45. The quantitative estimate of drug-likeness (QED) is 0.133. The number of carbonyl (C=O) groups is 1. The Bertz CT molecular complexity index is 201. The minimum atomic E-state index is -1.00. The van der Waals surface area contributed by atoms with Crippen LogP contribution in [0.4, 0.5) is 0 Å². The van der Waals surface area contributed by atoms with Crippen molar-refractivity contribution in [2.75, 3.05) is 18.8 Å². The smallest absolute Gasteiger partial charge is 0.320 e. The van der Waals surface area contributed by atoms with Gasteiger partial charge in [0.15, 0.2) is 5.96 Å². The number of aliphatic carboxylic acids is 1. The molecule has 0 aromatic heterocycles. The largest absolute Gasteiger partial charge is 0.480 e. The molecule has 16 heavy (non-hydrogen) atoms. The van der Waals surface area contributed by atoms with Crippen molar-refractivity contribution in [2.45, 2.75) is 18.9 Å². The number of hydrogen-bond acceptors (Lipinski definition) is 5. The molecule has 0 unspecified atom stereocenters. The van der Waals surface area contributed by atoms with Crippen molar-refractivity contribution in [1.29, 1.82) is 5.41 Å². The zero-order chi connectivity index (χ0) is 13.0. The fourth-order valence-electron chi connectivity index (χ4n) is 0.669. The standard InChI is InChI=1S/C6H14N4O2.C2H7NS/c7-4(5(11)12)2-1-3-10-6(8)9;3-1-2-4/h4H,1-3,7H2,(H,11,12)(H4,8,9,10);4H,1-3H2/t4-;/m0./s1. The summed E-state index contributed by atoms with van der Waals surface area (Å²) in [7, 11) is 0. The van der Waals surface area contributed by atoms with E-state index >= 15 is 0 Å². The van der Waals surface area contributed by atoms with Gasteiger partial charge in [-0.25, -0.2) is 0 Å². The number of carboxylic acids is 1. The molecular formula is C8H21N5O2S. The molecule has 0 saturated heterocycles. The van der Waals surface area contributed by atoms with Crippen LogP contribution in [0.3, 0.4) is 0 Å². The summed E-state index contributed by atoms with van der Waals surface area (Å²) in [5, 5.41) is 17.7. The summed E-state index contributed by atoms with van der Waals surface area (Å²) < 4.78 is 0. The second-order valence-corrected chi connectivity index (χ2v) is 3.39. The molecule has 7 nitrogen and oxygen atoms in total. The maximum atomic E-state index is 10.2. The molecule has 0 aromatic carbocycles. The maximum Gasteiger partial charge on any atom is 0.320 e. The second kappa shape index (κ2) is 12.1. The summed E-state index contributed by atoms with van der Waals surface area (Å²) in [4.78, 5) is 10.2. The molecule has 0 aliphatic heterocycles. The Hall–Kier alpha value is -0.990. The number of hydrogen-bond donors (Lipinski definition) is 7. The zero-order valence-corrected chi connectivity index (χ0v) is 10.0. The summed E-state index contributed by atoms with van der Waals surface area (Å²) in [5.41, 5.74) is 15.2. The highest BCUT2D eigenvalue weighted by atomic mass is 32.1. The van der Waals surface area contributed by atoms with Crippen LogP contribution in [0.2, 0.25) is 0 Å². The normalized spacial score (nSPS) is 10.9. The molecule has 8 heteroatoms. The van der Waals surface area contributed by atoms with Gasteiger partial charge < -0.3 is 27.6 Å². The van der Waals surface area contributed by atoms with E-state index in [1.54, 1.807) is 0 Å². The highest BCUT2D eigenvalue weighted by molar-refractivity contribution is 7.80. The Kier molecular flexibility index (Phi) is 13.1. The van der Waals surface area contributed by atoms with Crippen LogP contribution in [-0.2, 0) is 4.79 Å². The van der Waals surface area contributed by atoms with E-state index in [0.29, 0.717) is 25.9 Å². The molecule has 0 fully saturated rings. The van der Waals surface area contributed by atoms with Gasteiger partial charge in [-0.05, 0) is 12.8 Å². The van der Waals surface area contributed by atoms with E-state index in [2.05, 4.69) is 17.9 Å². The van der Waals surface area contributed by atoms with Crippen LogP contribution in [0.25, 0.3) is 0 Å². The molecule has 0 spiro atoms. The summed E-state index contributed by atoms with van der Waals surface area (Å²) in [5.74, 6) is -0.322. The molecule has 0 aliphatic carbocycles. The lowest BCUT2D eigenvalue weighted by molar-refractivity contribution is -0.138. The van der Waals surface area contributed by atoms with E-state index in [9.17, 15) is 4.79 Å². The SMILES string of the molecule is N=C(N)NCCC[C@H](N)C(=O)O.NCCS. The highest BCUT2D eigenvalue weighted by Crippen LogP contribution is 1.92. The molecule has 0 rings (SSSR count). The summed E-state index contributed by atoms with van der Waals surface area (Å²) in [6, 6.07) is -0.821. The number of nitrogens with two attached hydrogens (primary N) is 3. The summed E-state index contributed by atoms with van der Waals surface area (Å²) in [6.07, 6.45) is 0.975. The van der Waals surface area contributed by atoms with Crippen molar-refractivity contribution in [2.24, 2.45) is 17.2 Å². The van der Waals surface area contributed by atoms with Gasteiger partial charge >= 0.3 is 5.97 Å². The average Bonchev–Trinajstić information content (AvgIpc) is 2.24. The fourth-order valence-corrected chi connectivity index (χ4v) is 0.669. The lowest BCUT2D eigenvalue weighted by Gasteiger charge is -2.06. The number of thiol groups is 1. The Labute approximate surface area is 101 Å². The number of nitrogens with one attached hydrogen (secondary N) is 2. The summed E-state index contributed by atoms with van der Waals surface area (Å²) in [6.45, 7) is 1.17. The van der Waals surface area contributed by atoms with Crippen molar-refractivity contribution in [3.8, 4) is 0 Å². The highest BCUT2D eigenvalue weighted by Gasteiger charge is 2.09. The lowest BCUT2D eigenvalue weighted by atomic mass is 10.2. The van der Waals surface area contributed by atoms with E-state index in [-0.39, 0.29) is 5.96 Å². The minimum absolute atomic E-state index is 0.112. The van der Waals surface area contributed by atoms with Gasteiger partial charge in [0.05, 0.1) is 0 Å². The molecule has 1 atom stereocenters. The lowest BCUT2D eigenvalue weighted by Crippen LogP contribution is -2.34. The van der Waals surface area contributed by atoms with Crippen LogP contribution in [0, 0.1) is 5.41 Å².